The summed E-state index contributed by atoms with van der Waals surface area (Å²) >= 11 is 0. The summed E-state index contributed by atoms with van der Waals surface area (Å²) in [7, 11) is 0. The fourth-order valence-corrected chi connectivity index (χ4v) is 2.32. The number of alkyl halides is 1. The van der Waals surface area contributed by atoms with Gasteiger partial charge in [-0.2, -0.15) is 0 Å². The van der Waals surface area contributed by atoms with Gasteiger partial charge in [-0.05, 0) is 30.5 Å². The number of halogens is 1. The van der Waals surface area contributed by atoms with Crippen LogP contribution in [0.5, 0.6) is 0 Å². The zero-order valence-electron chi connectivity index (χ0n) is 11.6. The maximum absolute atomic E-state index is 13.3. The summed E-state index contributed by atoms with van der Waals surface area (Å²) in [4.78, 5) is 22.9. The Balaban J connectivity index is 1.95. The number of carbonyl (C=O) groups excluding carboxylic acids is 1. The molecule has 0 radical (unpaired) electrons. The van der Waals surface area contributed by atoms with Crippen molar-refractivity contribution in [1.82, 2.24) is 5.32 Å². The maximum Gasteiger partial charge on any atom is 0.335 e. The van der Waals surface area contributed by atoms with Gasteiger partial charge in [-0.1, -0.05) is 12.1 Å². The number of hydrogen-bond donors (Lipinski definition) is 2. The Bertz CT molecular complexity index is 509. The molecule has 1 heterocycles. The first-order valence-electron chi connectivity index (χ1n) is 6.82. The number of nitrogens with one attached hydrogen (secondary N) is 1. The second-order valence-electron chi connectivity index (χ2n) is 5.21. The molecule has 0 spiro atoms. The fraction of sp³-hybridized carbons (Fsp3) is 0.467. The van der Waals surface area contributed by atoms with E-state index in [1.165, 1.54) is 12.1 Å². The topological polar surface area (TPSA) is 75.6 Å². The highest BCUT2D eigenvalue weighted by molar-refractivity contribution is 5.87. The van der Waals surface area contributed by atoms with Crippen molar-refractivity contribution in [2.45, 2.75) is 19.4 Å². The number of amides is 1. The Hall–Kier alpha value is -1.95. The normalized spacial score (nSPS) is 17.2. The zero-order valence-corrected chi connectivity index (χ0v) is 11.6. The molecular weight excluding hydrogens is 277 g/mol. The van der Waals surface area contributed by atoms with Gasteiger partial charge < -0.3 is 15.2 Å². The molecule has 1 aromatic rings. The van der Waals surface area contributed by atoms with Crippen molar-refractivity contribution in [1.29, 1.82) is 0 Å². The Labute approximate surface area is 122 Å². The average molecular weight is 295 g/mol. The SMILES string of the molecule is O=C(O)c1ccc(CNC(=O)C2(CF)CCOCC2)cc1. The molecule has 1 aliphatic heterocycles. The van der Waals surface area contributed by atoms with Crippen LogP contribution in [0.15, 0.2) is 24.3 Å². The van der Waals surface area contributed by atoms with Crippen molar-refractivity contribution in [3.05, 3.63) is 35.4 Å². The number of ether oxygens (including phenoxy) is 1. The number of benzene rings is 1. The van der Waals surface area contributed by atoms with Crippen molar-refractivity contribution in [2.24, 2.45) is 5.41 Å². The van der Waals surface area contributed by atoms with Crippen LogP contribution in [0.25, 0.3) is 0 Å². The van der Waals surface area contributed by atoms with Crippen LogP contribution >= 0.6 is 0 Å². The Kier molecular flexibility index (Phi) is 4.90. The lowest BCUT2D eigenvalue weighted by Crippen LogP contribution is -2.45. The molecule has 1 fully saturated rings. The van der Waals surface area contributed by atoms with E-state index in [1.54, 1.807) is 12.1 Å². The van der Waals surface area contributed by atoms with Gasteiger partial charge in [0.1, 0.15) is 6.67 Å². The van der Waals surface area contributed by atoms with Crippen LogP contribution in [0.4, 0.5) is 4.39 Å². The van der Waals surface area contributed by atoms with E-state index >= 15 is 0 Å². The molecular formula is C15H18FNO4. The van der Waals surface area contributed by atoms with Gasteiger partial charge in [0.15, 0.2) is 0 Å². The first kappa shape index (κ1) is 15.4. The van der Waals surface area contributed by atoms with Crippen LogP contribution in [0.3, 0.4) is 0 Å². The molecule has 1 aliphatic rings. The van der Waals surface area contributed by atoms with E-state index in [4.69, 9.17) is 9.84 Å². The molecule has 0 saturated carbocycles. The Morgan fingerprint density at radius 1 is 1.24 bits per heavy atom. The third-order valence-electron chi connectivity index (χ3n) is 3.84. The molecule has 0 unspecified atom stereocenters. The molecule has 1 amide bonds. The van der Waals surface area contributed by atoms with Crippen LogP contribution in [-0.4, -0.2) is 36.9 Å². The average Bonchev–Trinajstić information content (AvgIpc) is 2.53. The van der Waals surface area contributed by atoms with E-state index in [0.717, 1.165) is 5.56 Å². The number of carboxylic acids is 1. The molecule has 0 aliphatic carbocycles. The lowest BCUT2D eigenvalue weighted by molar-refractivity contribution is -0.138. The lowest BCUT2D eigenvalue weighted by Gasteiger charge is -2.33. The Morgan fingerprint density at radius 3 is 2.38 bits per heavy atom. The third kappa shape index (κ3) is 3.58. The molecule has 114 valence electrons. The highest BCUT2D eigenvalue weighted by Crippen LogP contribution is 2.31. The van der Waals surface area contributed by atoms with Crippen molar-refractivity contribution >= 4 is 11.9 Å². The second-order valence-corrected chi connectivity index (χ2v) is 5.21. The minimum Gasteiger partial charge on any atom is -0.478 e. The van der Waals surface area contributed by atoms with E-state index in [9.17, 15) is 14.0 Å². The van der Waals surface area contributed by atoms with E-state index < -0.39 is 18.1 Å². The predicted octanol–water partition coefficient (Wildman–Crippen LogP) is 1.77. The minimum absolute atomic E-state index is 0.190. The van der Waals surface area contributed by atoms with Gasteiger partial charge in [-0.3, -0.25) is 4.79 Å². The van der Waals surface area contributed by atoms with Crippen LogP contribution in [-0.2, 0) is 16.1 Å². The van der Waals surface area contributed by atoms with Crippen LogP contribution < -0.4 is 5.32 Å². The number of rotatable bonds is 5. The van der Waals surface area contributed by atoms with Crippen LogP contribution in [0, 0.1) is 5.41 Å². The van der Waals surface area contributed by atoms with Crippen molar-refractivity contribution < 1.29 is 23.8 Å². The first-order chi connectivity index (χ1) is 10.1. The molecule has 5 nitrogen and oxygen atoms in total. The summed E-state index contributed by atoms with van der Waals surface area (Å²) in [5.41, 5.74) is -0.0247. The van der Waals surface area contributed by atoms with E-state index in [1.807, 2.05) is 0 Å². The van der Waals surface area contributed by atoms with Crippen molar-refractivity contribution in [3.8, 4) is 0 Å². The Morgan fingerprint density at radius 2 is 1.86 bits per heavy atom. The predicted molar refractivity (Wildman–Crippen MR) is 73.7 cm³/mol. The summed E-state index contributed by atoms with van der Waals surface area (Å²) in [6.07, 6.45) is 0.764. The largest absolute Gasteiger partial charge is 0.478 e. The third-order valence-corrected chi connectivity index (χ3v) is 3.84. The van der Waals surface area contributed by atoms with E-state index in [0.29, 0.717) is 26.1 Å². The van der Waals surface area contributed by atoms with E-state index in [2.05, 4.69) is 5.32 Å². The summed E-state index contributed by atoms with van der Waals surface area (Å²) in [5.74, 6) is -1.31. The zero-order chi connectivity index (χ0) is 15.3. The van der Waals surface area contributed by atoms with Crippen LogP contribution in [0.2, 0.25) is 0 Å². The lowest BCUT2D eigenvalue weighted by atomic mass is 9.80. The summed E-state index contributed by atoms with van der Waals surface area (Å²) in [6.45, 7) is 0.344. The highest BCUT2D eigenvalue weighted by Gasteiger charge is 2.40. The van der Waals surface area contributed by atoms with Crippen molar-refractivity contribution in [2.75, 3.05) is 19.9 Å². The maximum atomic E-state index is 13.3. The van der Waals surface area contributed by atoms with Gasteiger partial charge in [-0.25, -0.2) is 9.18 Å². The molecule has 2 N–H and O–H groups in total. The van der Waals surface area contributed by atoms with Gasteiger partial charge in [0.2, 0.25) is 5.91 Å². The highest BCUT2D eigenvalue weighted by atomic mass is 19.1. The second kappa shape index (κ2) is 6.67. The quantitative estimate of drug-likeness (QED) is 0.868. The van der Waals surface area contributed by atoms with E-state index in [-0.39, 0.29) is 18.0 Å². The fourth-order valence-electron chi connectivity index (χ4n) is 2.32. The summed E-state index contributed by atoms with van der Waals surface area (Å²) < 4.78 is 18.4. The van der Waals surface area contributed by atoms with Crippen LogP contribution in [0.1, 0.15) is 28.8 Å². The molecule has 2 rings (SSSR count). The first-order valence-corrected chi connectivity index (χ1v) is 6.82. The summed E-state index contributed by atoms with van der Waals surface area (Å²) in [5, 5.41) is 11.5. The minimum atomic E-state index is -0.996. The van der Waals surface area contributed by atoms with Gasteiger partial charge in [-0.15, -0.1) is 0 Å². The number of carboxylic acid groups (broad SMARTS) is 1. The van der Waals surface area contributed by atoms with Gasteiger partial charge in [0.25, 0.3) is 0 Å². The smallest absolute Gasteiger partial charge is 0.335 e. The molecule has 1 aromatic carbocycles. The van der Waals surface area contributed by atoms with Gasteiger partial charge >= 0.3 is 5.97 Å². The molecule has 1 saturated heterocycles. The number of hydrogen-bond acceptors (Lipinski definition) is 3. The van der Waals surface area contributed by atoms with Gasteiger partial charge in [0.05, 0.1) is 11.0 Å². The van der Waals surface area contributed by atoms with Crippen molar-refractivity contribution in [3.63, 3.8) is 0 Å². The molecule has 21 heavy (non-hydrogen) atoms. The molecule has 6 heteroatoms. The number of aromatic carboxylic acids is 1. The monoisotopic (exact) mass is 295 g/mol. The summed E-state index contributed by atoms with van der Waals surface area (Å²) in [6, 6.07) is 6.22. The number of carbonyl (C=O) groups is 2. The van der Waals surface area contributed by atoms with Gasteiger partial charge in [0, 0.05) is 19.8 Å². The molecule has 0 bridgehead atoms. The molecule has 0 atom stereocenters. The standard InChI is InChI=1S/C15H18FNO4/c16-10-15(5-7-21-8-6-15)14(20)17-9-11-1-3-12(4-2-11)13(18)19/h1-4H,5-10H2,(H,17,20)(H,18,19). The molecule has 0 aromatic heterocycles.